The summed E-state index contributed by atoms with van der Waals surface area (Å²) in [7, 11) is 0. The van der Waals surface area contributed by atoms with Gasteiger partial charge in [0.15, 0.2) is 17.4 Å². The first-order valence-electron chi connectivity index (χ1n) is 13.6. The van der Waals surface area contributed by atoms with Crippen molar-refractivity contribution in [3.05, 3.63) is 69.5 Å². The number of likely N-dealkylation sites (tertiary alicyclic amines) is 1. The van der Waals surface area contributed by atoms with Crippen molar-refractivity contribution >= 4 is 52.8 Å². The van der Waals surface area contributed by atoms with Gasteiger partial charge in [-0.25, -0.2) is 4.39 Å². The summed E-state index contributed by atoms with van der Waals surface area (Å²) in [6.07, 6.45) is 5.07. The number of nitrogens with two attached hydrogens (primary N) is 1. The van der Waals surface area contributed by atoms with Gasteiger partial charge in [-0.1, -0.05) is 23.2 Å². The molecule has 2 atom stereocenters. The number of piperidine rings is 1. The van der Waals surface area contributed by atoms with E-state index < -0.39 is 5.82 Å². The van der Waals surface area contributed by atoms with Crippen molar-refractivity contribution in [3.63, 3.8) is 0 Å². The van der Waals surface area contributed by atoms with Gasteiger partial charge in [-0.15, -0.1) is 10.2 Å². The maximum atomic E-state index is 13.8. The number of halogens is 3. The first kappa shape index (κ1) is 29.0. The Morgan fingerprint density at radius 2 is 1.98 bits per heavy atom. The fraction of sp³-hybridized carbons (Fsp3) is 0.379. The van der Waals surface area contributed by atoms with Crippen LogP contribution in [0.5, 0.6) is 5.75 Å². The van der Waals surface area contributed by atoms with Crippen LogP contribution in [0.2, 0.25) is 10.0 Å². The minimum Gasteiger partial charge on any atom is -0.489 e. The van der Waals surface area contributed by atoms with Crippen molar-refractivity contribution in [2.24, 2.45) is 5.92 Å². The number of aromatic nitrogens is 2. The van der Waals surface area contributed by atoms with Gasteiger partial charge in [-0.05, 0) is 86.7 Å². The molecular weight excluding hydrogens is 570 g/mol. The lowest BCUT2D eigenvalue weighted by atomic mass is 9.89. The third-order valence-corrected chi connectivity index (χ3v) is 8.48. The summed E-state index contributed by atoms with van der Waals surface area (Å²) in [6.45, 7) is 2.77. The van der Waals surface area contributed by atoms with Crippen molar-refractivity contribution in [2.45, 2.75) is 38.1 Å². The Morgan fingerprint density at radius 1 is 1.17 bits per heavy atom. The van der Waals surface area contributed by atoms with Crippen LogP contribution in [0.1, 0.15) is 41.6 Å². The third-order valence-electron chi connectivity index (χ3n) is 7.72. The summed E-state index contributed by atoms with van der Waals surface area (Å²) in [5.74, 6) is 0.296. The van der Waals surface area contributed by atoms with E-state index >= 15 is 0 Å². The van der Waals surface area contributed by atoms with Crippen LogP contribution in [0.4, 0.5) is 21.7 Å². The molecule has 5 rings (SSSR count). The molecule has 2 amide bonds. The normalized spacial score (nSPS) is 18.8. The summed E-state index contributed by atoms with van der Waals surface area (Å²) in [6, 6.07) is 11.2. The van der Waals surface area contributed by atoms with Gasteiger partial charge in [0.05, 0.1) is 17.3 Å². The summed E-state index contributed by atoms with van der Waals surface area (Å²) < 4.78 is 19.6. The zero-order valence-corrected chi connectivity index (χ0v) is 23.9. The maximum Gasteiger partial charge on any atom is 0.254 e. The van der Waals surface area contributed by atoms with Gasteiger partial charge in [-0.2, -0.15) is 0 Å². The molecule has 2 unspecified atom stereocenters. The number of hydrogen-bond donors (Lipinski definition) is 2. The minimum atomic E-state index is -0.574. The molecule has 2 fully saturated rings. The standard InChI is InChI=1S/C29H31Cl2FN6O3/c30-22-8-9-23(32)27(31)21(22)11-14-41-25-15-26(35-36-28(25)33)38(17-39)20-6-4-18(5-7-20)29(40)37-13-2-1-3-24(37)19-10-12-34-16-19/h4-9,15,17,19,24,34H,1-3,10-14,16H2,(H2,33,36). The van der Waals surface area contributed by atoms with E-state index in [4.69, 9.17) is 33.7 Å². The van der Waals surface area contributed by atoms with Gasteiger partial charge in [-0.3, -0.25) is 14.5 Å². The molecule has 0 saturated carbocycles. The molecule has 0 bridgehead atoms. The van der Waals surface area contributed by atoms with Gasteiger partial charge < -0.3 is 20.7 Å². The van der Waals surface area contributed by atoms with Crippen molar-refractivity contribution in [1.82, 2.24) is 20.4 Å². The van der Waals surface area contributed by atoms with Crippen LogP contribution in [-0.2, 0) is 11.2 Å². The van der Waals surface area contributed by atoms with E-state index in [0.29, 0.717) is 34.2 Å². The van der Waals surface area contributed by atoms with Crippen molar-refractivity contribution in [1.29, 1.82) is 0 Å². The Balaban J connectivity index is 1.28. The number of amides is 2. The highest BCUT2D eigenvalue weighted by molar-refractivity contribution is 6.36. The lowest BCUT2D eigenvalue weighted by Crippen LogP contribution is -2.48. The molecule has 12 heteroatoms. The maximum absolute atomic E-state index is 13.8. The molecule has 3 heterocycles. The Kier molecular flexibility index (Phi) is 9.22. The number of carbonyl (C=O) groups excluding carboxylic acids is 2. The van der Waals surface area contributed by atoms with Crippen molar-refractivity contribution in [3.8, 4) is 5.75 Å². The lowest BCUT2D eigenvalue weighted by Gasteiger charge is -2.39. The molecule has 0 radical (unpaired) electrons. The highest BCUT2D eigenvalue weighted by Gasteiger charge is 2.34. The molecule has 0 aliphatic carbocycles. The van der Waals surface area contributed by atoms with Crippen LogP contribution < -0.4 is 20.7 Å². The average Bonchev–Trinajstić information content (AvgIpc) is 3.54. The molecule has 3 aromatic rings. The minimum absolute atomic E-state index is 0.00673. The number of nitrogens with zero attached hydrogens (tertiary/aromatic N) is 4. The number of nitrogens with one attached hydrogen (secondary N) is 1. The summed E-state index contributed by atoms with van der Waals surface area (Å²) in [4.78, 5) is 28.9. The molecule has 41 heavy (non-hydrogen) atoms. The first-order chi connectivity index (χ1) is 19.9. The molecule has 216 valence electrons. The van der Waals surface area contributed by atoms with Crippen LogP contribution in [0.25, 0.3) is 0 Å². The SMILES string of the molecule is Nc1nnc(N(C=O)c2ccc(C(=O)N3CCCCC3C3CCNC3)cc2)cc1OCCc1c(Cl)ccc(F)c1Cl. The number of benzene rings is 2. The predicted octanol–water partition coefficient (Wildman–Crippen LogP) is 5.02. The number of hydrogen-bond acceptors (Lipinski definition) is 7. The monoisotopic (exact) mass is 600 g/mol. The second-order valence-corrected chi connectivity index (χ2v) is 11.0. The summed E-state index contributed by atoms with van der Waals surface area (Å²) in [5, 5.41) is 11.6. The Bertz CT molecular complexity index is 1400. The number of anilines is 3. The largest absolute Gasteiger partial charge is 0.489 e. The van der Waals surface area contributed by atoms with Crippen LogP contribution in [0, 0.1) is 11.7 Å². The molecule has 2 aromatic carbocycles. The molecule has 2 aliphatic rings. The lowest BCUT2D eigenvalue weighted by molar-refractivity contribution is -0.106. The zero-order valence-electron chi connectivity index (χ0n) is 22.4. The van der Waals surface area contributed by atoms with E-state index in [1.54, 1.807) is 24.3 Å². The van der Waals surface area contributed by atoms with Crippen LogP contribution in [0.3, 0.4) is 0 Å². The molecule has 2 saturated heterocycles. The first-order valence-corrected chi connectivity index (χ1v) is 14.4. The van der Waals surface area contributed by atoms with Gasteiger partial charge in [0.1, 0.15) is 5.82 Å². The number of carbonyl (C=O) groups is 2. The topological polar surface area (TPSA) is 114 Å². The fourth-order valence-corrected chi connectivity index (χ4v) is 6.11. The quantitative estimate of drug-likeness (QED) is 0.262. The van der Waals surface area contributed by atoms with E-state index in [0.717, 1.165) is 45.3 Å². The smallest absolute Gasteiger partial charge is 0.254 e. The fourth-order valence-electron chi connectivity index (χ4n) is 5.55. The van der Waals surface area contributed by atoms with E-state index in [2.05, 4.69) is 15.5 Å². The Morgan fingerprint density at radius 3 is 2.71 bits per heavy atom. The van der Waals surface area contributed by atoms with Crippen LogP contribution >= 0.6 is 23.2 Å². The third kappa shape index (κ3) is 6.39. The predicted molar refractivity (Wildman–Crippen MR) is 156 cm³/mol. The molecule has 2 aliphatic heterocycles. The summed E-state index contributed by atoms with van der Waals surface area (Å²) >= 11 is 12.2. The number of rotatable bonds is 9. The van der Waals surface area contributed by atoms with E-state index in [1.165, 1.54) is 23.1 Å². The van der Waals surface area contributed by atoms with E-state index in [9.17, 15) is 14.0 Å². The molecule has 3 N–H and O–H groups in total. The van der Waals surface area contributed by atoms with Gasteiger partial charge >= 0.3 is 0 Å². The van der Waals surface area contributed by atoms with Gasteiger partial charge in [0.2, 0.25) is 6.41 Å². The van der Waals surface area contributed by atoms with Gasteiger partial charge in [0, 0.05) is 35.7 Å². The number of ether oxygens (including phenoxy) is 1. The van der Waals surface area contributed by atoms with Crippen molar-refractivity contribution < 1.29 is 18.7 Å². The second-order valence-electron chi connectivity index (χ2n) is 10.2. The van der Waals surface area contributed by atoms with Crippen molar-refractivity contribution in [2.75, 3.05) is 36.9 Å². The molecule has 0 spiro atoms. The summed E-state index contributed by atoms with van der Waals surface area (Å²) in [5.41, 5.74) is 7.43. The average molecular weight is 602 g/mol. The Hall–Kier alpha value is -3.47. The van der Waals surface area contributed by atoms with E-state index in [-0.39, 0.29) is 47.4 Å². The molecular formula is C29H31Cl2FN6O3. The molecule has 1 aromatic heterocycles. The van der Waals surface area contributed by atoms with Crippen LogP contribution in [0.15, 0.2) is 42.5 Å². The second kappa shape index (κ2) is 13.0. The zero-order chi connectivity index (χ0) is 28.9. The highest BCUT2D eigenvalue weighted by Crippen LogP contribution is 2.32. The molecule has 9 nitrogen and oxygen atoms in total. The Labute approximate surface area is 247 Å². The highest BCUT2D eigenvalue weighted by atomic mass is 35.5. The number of nitrogen functional groups attached to an aromatic ring is 1. The van der Waals surface area contributed by atoms with E-state index in [1.807, 2.05) is 4.90 Å². The van der Waals surface area contributed by atoms with Crippen LogP contribution in [-0.4, -0.2) is 59.7 Å². The van der Waals surface area contributed by atoms with Gasteiger partial charge in [0.25, 0.3) is 5.91 Å².